The molecule has 1 saturated heterocycles. The van der Waals surface area contributed by atoms with E-state index in [0.29, 0.717) is 12.0 Å². The van der Waals surface area contributed by atoms with Crippen molar-refractivity contribution in [3.05, 3.63) is 10.6 Å². The predicted molar refractivity (Wildman–Crippen MR) is 87.0 cm³/mol. The van der Waals surface area contributed by atoms with Crippen LogP contribution in [0.4, 0.5) is 5.13 Å². The second kappa shape index (κ2) is 6.44. The van der Waals surface area contributed by atoms with Gasteiger partial charge in [-0.1, -0.05) is 13.8 Å². The maximum Gasteiger partial charge on any atom is 0.185 e. The molecule has 4 heteroatoms. The first-order valence-electron chi connectivity index (χ1n) is 8.22. The van der Waals surface area contributed by atoms with Crippen LogP contribution in [0.25, 0.3) is 0 Å². The fourth-order valence-electron chi connectivity index (χ4n) is 3.29. The minimum Gasteiger partial charge on any atom is -0.348 e. The van der Waals surface area contributed by atoms with Crippen LogP contribution >= 0.6 is 11.3 Å². The van der Waals surface area contributed by atoms with E-state index in [9.17, 15) is 0 Å². The van der Waals surface area contributed by atoms with E-state index in [1.54, 1.807) is 4.88 Å². The molecule has 2 aliphatic rings. The molecule has 3 nitrogen and oxygen atoms in total. The monoisotopic (exact) mass is 293 g/mol. The van der Waals surface area contributed by atoms with Gasteiger partial charge in [-0.05, 0) is 38.5 Å². The van der Waals surface area contributed by atoms with Gasteiger partial charge in [-0.2, -0.15) is 0 Å². The summed E-state index contributed by atoms with van der Waals surface area (Å²) in [6.07, 6.45) is 7.95. The van der Waals surface area contributed by atoms with E-state index in [2.05, 4.69) is 24.1 Å². The van der Waals surface area contributed by atoms with Crippen molar-refractivity contribution in [3.63, 3.8) is 0 Å². The molecule has 1 aliphatic heterocycles. The summed E-state index contributed by atoms with van der Waals surface area (Å²) < 4.78 is 0. The largest absolute Gasteiger partial charge is 0.348 e. The second-order valence-electron chi connectivity index (χ2n) is 6.50. The molecule has 3 rings (SSSR count). The van der Waals surface area contributed by atoms with Gasteiger partial charge in [0.15, 0.2) is 5.13 Å². The second-order valence-corrected chi connectivity index (χ2v) is 7.57. The molecule has 0 bridgehead atoms. The van der Waals surface area contributed by atoms with Crippen LogP contribution in [0, 0.1) is 0 Å². The molecule has 0 aromatic carbocycles. The number of anilines is 1. The van der Waals surface area contributed by atoms with Crippen LogP contribution in [0.5, 0.6) is 0 Å². The van der Waals surface area contributed by atoms with Crippen molar-refractivity contribution in [1.82, 2.24) is 10.3 Å². The molecule has 1 aromatic rings. The van der Waals surface area contributed by atoms with Crippen LogP contribution in [0.3, 0.4) is 0 Å². The smallest absolute Gasteiger partial charge is 0.185 e. The Morgan fingerprint density at radius 1 is 1.25 bits per heavy atom. The number of aryl methyl sites for hydroxylation is 1. The zero-order chi connectivity index (χ0) is 13.9. The van der Waals surface area contributed by atoms with E-state index in [1.165, 1.54) is 62.4 Å². The SMILES string of the molecule is CC(C)NCC1CCCc2sc(N3CCCCC3)nc21. The molecule has 1 aromatic heterocycles. The van der Waals surface area contributed by atoms with Gasteiger partial charge >= 0.3 is 0 Å². The first kappa shape index (κ1) is 14.3. The van der Waals surface area contributed by atoms with E-state index >= 15 is 0 Å². The van der Waals surface area contributed by atoms with E-state index in [0.717, 1.165) is 6.54 Å². The van der Waals surface area contributed by atoms with Crippen molar-refractivity contribution in [2.75, 3.05) is 24.5 Å². The summed E-state index contributed by atoms with van der Waals surface area (Å²) >= 11 is 1.97. The Hall–Kier alpha value is -0.610. The summed E-state index contributed by atoms with van der Waals surface area (Å²) in [6.45, 7) is 7.96. The molecular formula is C16H27N3S. The van der Waals surface area contributed by atoms with Crippen molar-refractivity contribution in [2.24, 2.45) is 0 Å². The summed E-state index contributed by atoms with van der Waals surface area (Å²) in [4.78, 5) is 9.11. The van der Waals surface area contributed by atoms with Crippen molar-refractivity contribution in [3.8, 4) is 0 Å². The number of fused-ring (bicyclic) bond motifs is 1. The molecule has 1 unspecified atom stereocenters. The minimum atomic E-state index is 0.570. The molecule has 20 heavy (non-hydrogen) atoms. The van der Waals surface area contributed by atoms with Gasteiger partial charge in [-0.15, -0.1) is 11.3 Å². The Kier molecular flexibility index (Phi) is 4.61. The lowest BCUT2D eigenvalue weighted by Gasteiger charge is -2.26. The molecule has 1 atom stereocenters. The fraction of sp³-hybridized carbons (Fsp3) is 0.812. The van der Waals surface area contributed by atoms with Crippen LogP contribution in [-0.4, -0.2) is 30.7 Å². The van der Waals surface area contributed by atoms with Gasteiger partial charge in [0.1, 0.15) is 0 Å². The first-order valence-corrected chi connectivity index (χ1v) is 9.03. The Balaban J connectivity index is 1.73. The number of rotatable bonds is 4. The standard InChI is InChI=1S/C16H27N3S/c1-12(2)17-11-13-7-6-8-14-15(13)18-16(20-14)19-9-4-3-5-10-19/h12-13,17H,3-11H2,1-2H3. The highest BCUT2D eigenvalue weighted by Gasteiger charge is 2.26. The minimum absolute atomic E-state index is 0.570. The highest BCUT2D eigenvalue weighted by Crippen LogP contribution is 2.38. The highest BCUT2D eigenvalue weighted by atomic mass is 32.1. The third kappa shape index (κ3) is 3.17. The van der Waals surface area contributed by atoms with E-state index in [1.807, 2.05) is 11.3 Å². The van der Waals surface area contributed by atoms with E-state index in [4.69, 9.17) is 4.98 Å². The molecule has 0 saturated carbocycles. The first-order chi connectivity index (χ1) is 9.74. The van der Waals surface area contributed by atoms with Gasteiger partial charge in [0.2, 0.25) is 0 Å². The Labute approximate surface area is 126 Å². The van der Waals surface area contributed by atoms with Crippen molar-refractivity contribution < 1.29 is 0 Å². The quantitative estimate of drug-likeness (QED) is 0.920. The molecule has 0 radical (unpaired) electrons. The molecule has 1 N–H and O–H groups in total. The Morgan fingerprint density at radius 3 is 2.80 bits per heavy atom. The average molecular weight is 293 g/mol. The maximum absolute atomic E-state index is 5.04. The zero-order valence-corrected chi connectivity index (χ0v) is 13.6. The van der Waals surface area contributed by atoms with E-state index in [-0.39, 0.29) is 0 Å². The maximum atomic E-state index is 5.04. The summed E-state index contributed by atoms with van der Waals surface area (Å²) in [6, 6.07) is 0.570. The lowest BCUT2D eigenvalue weighted by Crippen LogP contribution is -2.30. The molecule has 1 fully saturated rings. The van der Waals surface area contributed by atoms with Gasteiger partial charge in [-0.25, -0.2) is 4.98 Å². The average Bonchev–Trinajstić information content (AvgIpc) is 2.90. The van der Waals surface area contributed by atoms with Crippen LogP contribution in [0.1, 0.15) is 62.4 Å². The van der Waals surface area contributed by atoms with E-state index < -0.39 is 0 Å². The number of thiazole rings is 1. The van der Waals surface area contributed by atoms with Crippen molar-refractivity contribution >= 4 is 16.5 Å². The number of hydrogen-bond donors (Lipinski definition) is 1. The molecule has 1 aliphatic carbocycles. The number of nitrogens with one attached hydrogen (secondary N) is 1. The summed E-state index contributed by atoms with van der Waals surface area (Å²) in [7, 11) is 0. The third-order valence-corrected chi connectivity index (χ3v) is 5.65. The van der Waals surface area contributed by atoms with Crippen LogP contribution < -0.4 is 10.2 Å². The van der Waals surface area contributed by atoms with Crippen LogP contribution in [0.15, 0.2) is 0 Å². The Bertz CT molecular complexity index is 435. The number of piperidine rings is 1. The summed E-state index contributed by atoms with van der Waals surface area (Å²) in [5.41, 5.74) is 1.41. The highest BCUT2D eigenvalue weighted by molar-refractivity contribution is 7.15. The molecule has 0 amide bonds. The molecule has 2 heterocycles. The number of aromatic nitrogens is 1. The van der Waals surface area contributed by atoms with Gasteiger partial charge < -0.3 is 10.2 Å². The van der Waals surface area contributed by atoms with Crippen molar-refractivity contribution in [2.45, 2.75) is 64.3 Å². The number of hydrogen-bond acceptors (Lipinski definition) is 4. The normalized spacial score (nSPS) is 23.1. The fourth-order valence-corrected chi connectivity index (χ4v) is 4.53. The molecule has 0 spiro atoms. The van der Waals surface area contributed by atoms with Crippen molar-refractivity contribution in [1.29, 1.82) is 0 Å². The van der Waals surface area contributed by atoms with Crippen LogP contribution in [-0.2, 0) is 6.42 Å². The Morgan fingerprint density at radius 2 is 2.05 bits per heavy atom. The van der Waals surface area contributed by atoms with Crippen LogP contribution in [0.2, 0.25) is 0 Å². The van der Waals surface area contributed by atoms with Gasteiger partial charge in [-0.3, -0.25) is 0 Å². The predicted octanol–water partition coefficient (Wildman–Crippen LogP) is 3.55. The summed E-state index contributed by atoms with van der Waals surface area (Å²) in [5, 5.41) is 4.89. The lowest BCUT2D eigenvalue weighted by atomic mass is 9.91. The zero-order valence-electron chi connectivity index (χ0n) is 12.8. The van der Waals surface area contributed by atoms with Gasteiger partial charge in [0.05, 0.1) is 5.69 Å². The summed E-state index contributed by atoms with van der Waals surface area (Å²) in [5.74, 6) is 0.635. The van der Waals surface area contributed by atoms with Gasteiger partial charge in [0, 0.05) is 36.5 Å². The third-order valence-electron chi connectivity index (χ3n) is 4.46. The topological polar surface area (TPSA) is 28.2 Å². The molecule has 112 valence electrons. The van der Waals surface area contributed by atoms with Gasteiger partial charge in [0.25, 0.3) is 0 Å². The number of nitrogens with zero attached hydrogens (tertiary/aromatic N) is 2. The lowest BCUT2D eigenvalue weighted by molar-refractivity contribution is 0.474. The molecular weight excluding hydrogens is 266 g/mol.